The van der Waals surface area contributed by atoms with Crippen LogP contribution in [-0.4, -0.2) is 24.0 Å². The Morgan fingerprint density at radius 3 is 3.06 bits per heavy atom. The van der Waals surface area contributed by atoms with Gasteiger partial charge in [0.25, 0.3) is 0 Å². The van der Waals surface area contributed by atoms with Gasteiger partial charge in [0, 0.05) is 25.5 Å². The number of carbonyl (C=O) groups excluding carboxylic acids is 1. The fourth-order valence-corrected chi connectivity index (χ4v) is 2.46. The Morgan fingerprint density at radius 1 is 1.61 bits per heavy atom. The molecule has 2 N–H and O–H groups in total. The van der Waals surface area contributed by atoms with Crippen molar-refractivity contribution in [1.29, 1.82) is 0 Å². The molecule has 0 aromatic carbocycles. The second kappa shape index (κ2) is 5.48. The minimum atomic E-state index is -0.207. The molecule has 0 spiro atoms. The SMILES string of the molecule is CCC1(C(=O)NCc2ccncc2C)CCNC1. The first-order valence-corrected chi connectivity index (χ1v) is 6.56. The van der Waals surface area contributed by atoms with E-state index >= 15 is 0 Å². The third kappa shape index (κ3) is 2.53. The van der Waals surface area contributed by atoms with Crippen molar-refractivity contribution in [2.75, 3.05) is 13.1 Å². The van der Waals surface area contributed by atoms with Crippen LogP contribution in [0.5, 0.6) is 0 Å². The molecule has 0 aliphatic carbocycles. The van der Waals surface area contributed by atoms with Crippen molar-refractivity contribution < 1.29 is 4.79 Å². The van der Waals surface area contributed by atoms with Crippen molar-refractivity contribution in [2.24, 2.45) is 5.41 Å². The Hall–Kier alpha value is -1.42. The van der Waals surface area contributed by atoms with Gasteiger partial charge in [-0.1, -0.05) is 6.92 Å². The van der Waals surface area contributed by atoms with E-state index in [9.17, 15) is 4.79 Å². The summed E-state index contributed by atoms with van der Waals surface area (Å²) in [7, 11) is 0. The Bertz CT molecular complexity index is 425. The summed E-state index contributed by atoms with van der Waals surface area (Å²) in [6, 6.07) is 1.96. The maximum Gasteiger partial charge on any atom is 0.227 e. The molecule has 1 amide bonds. The van der Waals surface area contributed by atoms with Crippen LogP contribution in [0, 0.1) is 12.3 Å². The zero-order valence-electron chi connectivity index (χ0n) is 11.1. The summed E-state index contributed by atoms with van der Waals surface area (Å²) in [5.41, 5.74) is 2.05. The smallest absolute Gasteiger partial charge is 0.227 e. The molecule has 1 unspecified atom stereocenters. The van der Waals surface area contributed by atoms with Crippen molar-refractivity contribution >= 4 is 5.91 Å². The summed E-state index contributed by atoms with van der Waals surface area (Å²) in [5, 5.41) is 6.35. The first-order chi connectivity index (χ1) is 8.68. The highest BCUT2D eigenvalue weighted by atomic mass is 16.2. The number of hydrogen-bond acceptors (Lipinski definition) is 3. The van der Waals surface area contributed by atoms with E-state index in [2.05, 4.69) is 22.5 Å². The van der Waals surface area contributed by atoms with Crippen molar-refractivity contribution in [3.8, 4) is 0 Å². The van der Waals surface area contributed by atoms with Crippen LogP contribution in [0.1, 0.15) is 30.9 Å². The number of aromatic nitrogens is 1. The van der Waals surface area contributed by atoms with Crippen LogP contribution in [0.2, 0.25) is 0 Å². The lowest BCUT2D eigenvalue weighted by molar-refractivity contribution is -0.130. The third-order valence-electron chi connectivity index (χ3n) is 3.98. The predicted molar refractivity (Wildman–Crippen MR) is 71.0 cm³/mol. The maximum atomic E-state index is 12.3. The molecule has 0 saturated carbocycles. The number of nitrogens with zero attached hydrogens (tertiary/aromatic N) is 1. The van der Waals surface area contributed by atoms with Crippen LogP contribution in [0.4, 0.5) is 0 Å². The van der Waals surface area contributed by atoms with E-state index in [0.29, 0.717) is 6.54 Å². The molecule has 4 heteroatoms. The van der Waals surface area contributed by atoms with Crippen LogP contribution < -0.4 is 10.6 Å². The molecule has 0 radical (unpaired) electrons. The zero-order valence-corrected chi connectivity index (χ0v) is 11.1. The second-order valence-electron chi connectivity index (χ2n) is 5.05. The molecular formula is C14H21N3O. The highest BCUT2D eigenvalue weighted by Crippen LogP contribution is 2.29. The van der Waals surface area contributed by atoms with Gasteiger partial charge in [-0.3, -0.25) is 9.78 Å². The van der Waals surface area contributed by atoms with E-state index in [0.717, 1.165) is 37.1 Å². The summed E-state index contributed by atoms with van der Waals surface area (Å²) in [6.07, 6.45) is 5.42. The minimum Gasteiger partial charge on any atom is -0.351 e. The number of amides is 1. The summed E-state index contributed by atoms with van der Waals surface area (Å²) in [4.78, 5) is 16.4. The molecule has 0 bridgehead atoms. The third-order valence-corrected chi connectivity index (χ3v) is 3.98. The van der Waals surface area contributed by atoms with E-state index in [4.69, 9.17) is 0 Å². The molecule has 1 aliphatic heterocycles. The quantitative estimate of drug-likeness (QED) is 0.845. The van der Waals surface area contributed by atoms with Gasteiger partial charge in [-0.05, 0) is 43.5 Å². The van der Waals surface area contributed by atoms with Gasteiger partial charge in [0.05, 0.1) is 5.41 Å². The van der Waals surface area contributed by atoms with Gasteiger partial charge in [-0.25, -0.2) is 0 Å². The number of rotatable bonds is 4. The molecule has 1 aromatic rings. The molecular weight excluding hydrogens is 226 g/mol. The molecule has 98 valence electrons. The van der Waals surface area contributed by atoms with Crippen molar-refractivity contribution in [3.63, 3.8) is 0 Å². The molecule has 2 rings (SSSR count). The highest BCUT2D eigenvalue weighted by molar-refractivity contribution is 5.83. The standard InChI is InChI=1S/C14H21N3O/c1-3-14(5-7-16-10-14)13(18)17-9-12-4-6-15-8-11(12)2/h4,6,8,16H,3,5,7,9-10H2,1-2H3,(H,17,18). The van der Waals surface area contributed by atoms with Gasteiger partial charge in [0.1, 0.15) is 0 Å². The Kier molecular flexibility index (Phi) is 3.97. The zero-order chi connectivity index (χ0) is 13.0. The van der Waals surface area contributed by atoms with E-state index in [1.165, 1.54) is 0 Å². The Balaban J connectivity index is 1.98. The lowest BCUT2D eigenvalue weighted by Crippen LogP contribution is -2.41. The first-order valence-electron chi connectivity index (χ1n) is 6.56. The van der Waals surface area contributed by atoms with Gasteiger partial charge < -0.3 is 10.6 Å². The van der Waals surface area contributed by atoms with E-state index in [1.807, 2.05) is 19.2 Å². The van der Waals surface area contributed by atoms with Gasteiger partial charge in [-0.2, -0.15) is 0 Å². The van der Waals surface area contributed by atoms with Crippen molar-refractivity contribution in [1.82, 2.24) is 15.6 Å². The summed E-state index contributed by atoms with van der Waals surface area (Å²) in [6.45, 7) is 6.43. The second-order valence-corrected chi connectivity index (χ2v) is 5.05. The molecule has 4 nitrogen and oxygen atoms in total. The molecule has 18 heavy (non-hydrogen) atoms. The number of pyridine rings is 1. The van der Waals surface area contributed by atoms with Gasteiger partial charge in [0.15, 0.2) is 0 Å². The molecule has 2 heterocycles. The molecule has 1 fully saturated rings. The van der Waals surface area contributed by atoms with E-state index in [-0.39, 0.29) is 11.3 Å². The largest absolute Gasteiger partial charge is 0.351 e. The van der Waals surface area contributed by atoms with Crippen LogP contribution >= 0.6 is 0 Å². The topological polar surface area (TPSA) is 54.0 Å². The van der Waals surface area contributed by atoms with Crippen LogP contribution in [0.15, 0.2) is 18.5 Å². The van der Waals surface area contributed by atoms with Crippen LogP contribution in [-0.2, 0) is 11.3 Å². The van der Waals surface area contributed by atoms with Crippen LogP contribution in [0.25, 0.3) is 0 Å². The fraction of sp³-hybridized carbons (Fsp3) is 0.571. The summed E-state index contributed by atoms with van der Waals surface area (Å²) >= 11 is 0. The average molecular weight is 247 g/mol. The summed E-state index contributed by atoms with van der Waals surface area (Å²) in [5.74, 6) is 0.172. The lowest BCUT2D eigenvalue weighted by atomic mass is 9.83. The predicted octanol–water partition coefficient (Wildman–Crippen LogP) is 1.40. The van der Waals surface area contributed by atoms with Crippen LogP contribution in [0.3, 0.4) is 0 Å². The number of hydrogen-bond donors (Lipinski definition) is 2. The van der Waals surface area contributed by atoms with Crippen molar-refractivity contribution in [3.05, 3.63) is 29.6 Å². The fourth-order valence-electron chi connectivity index (χ4n) is 2.46. The lowest BCUT2D eigenvalue weighted by Gasteiger charge is -2.25. The minimum absolute atomic E-state index is 0.172. The first kappa shape index (κ1) is 13.0. The Labute approximate surface area is 108 Å². The van der Waals surface area contributed by atoms with Gasteiger partial charge in [-0.15, -0.1) is 0 Å². The number of nitrogens with one attached hydrogen (secondary N) is 2. The molecule has 1 saturated heterocycles. The molecule has 1 aromatic heterocycles. The van der Waals surface area contributed by atoms with E-state index < -0.39 is 0 Å². The highest BCUT2D eigenvalue weighted by Gasteiger charge is 2.39. The summed E-state index contributed by atoms with van der Waals surface area (Å²) < 4.78 is 0. The monoisotopic (exact) mass is 247 g/mol. The normalized spacial score (nSPS) is 23.0. The maximum absolute atomic E-state index is 12.3. The average Bonchev–Trinajstić information content (AvgIpc) is 2.87. The molecule has 1 atom stereocenters. The number of aryl methyl sites for hydroxylation is 1. The number of carbonyl (C=O) groups is 1. The van der Waals surface area contributed by atoms with Gasteiger partial charge in [0.2, 0.25) is 5.91 Å². The van der Waals surface area contributed by atoms with Gasteiger partial charge >= 0.3 is 0 Å². The Morgan fingerprint density at radius 2 is 2.44 bits per heavy atom. The molecule has 1 aliphatic rings. The van der Waals surface area contributed by atoms with Crippen molar-refractivity contribution in [2.45, 2.75) is 33.2 Å². The van der Waals surface area contributed by atoms with E-state index in [1.54, 1.807) is 6.20 Å².